The summed E-state index contributed by atoms with van der Waals surface area (Å²) < 4.78 is 0. The van der Waals surface area contributed by atoms with Gasteiger partial charge in [0, 0.05) is 19.6 Å². The van der Waals surface area contributed by atoms with Crippen molar-refractivity contribution in [2.75, 3.05) is 27.2 Å². The topological polar surface area (TPSA) is 49.6 Å². The normalized spacial score (nSPS) is 23.8. The van der Waals surface area contributed by atoms with Gasteiger partial charge in [-0.25, -0.2) is 0 Å². The van der Waals surface area contributed by atoms with Gasteiger partial charge in [0.25, 0.3) is 0 Å². The molecule has 0 bridgehead atoms. The summed E-state index contributed by atoms with van der Waals surface area (Å²) in [4.78, 5) is 16.1. The quantitative estimate of drug-likeness (QED) is 0.762. The molecule has 4 nitrogen and oxygen atoms in total. The van der Waals surface area contributed by atoms with Gasteiger partial charge in [0.2, 0.25) is 5.91 Å². The predicted octanol–water partition coefficient (Wildman–Crippen LogP) is 0.522. The van der Waals surface area contributed by atoms with Crippen LogP contribution in [-0.4, -0.2) is 55.0 Å². The van der Waals surface area contributed by atoms with Gasteiger partial charge in [0.1, 0.15) is 0 Å². The van der Waals surface area contributed by atoms with Crippen LogP contribution in [0, 0.1) is 5.92 Å². The van der Waals surface area contributed by atoms with E-state index in [-0.39, 0.29) is 17.9 Å². The molecule has 1 rings (SSSR count). The van der Waals surface area contributed by atoms with E-state index < -0.39 is 0 Å². The Morgan fingerprint density at radius 2 is 2.19 bits per heavy atom. The van der Waals surface area contributed by atoms with Crippen molar-refractivity contribution in [2.45, 2.75) is 38.8 Å². The van der Waals surface area contributed by atoms with Crippen LogP contribution in [0.2, 0.25) is 0 Å². The fourth-order valence-corrected chi connectivity index (χ4v) is 2.16. The number of hydrogen-bond donors (Lipinski definition) is 1. The highest BCUT2D eigenvalue weighted by molar-refractivity contribution is 5.81. The molecule has 1 aliphatic rings. The highest BCUT2D eigenvalue weighted by Gasteiger charge is 2.26. The highest BCUT2D eigenvalue weighted by atomic mass is 16.2. The lowest BCUT2D eigenvalue weighted by Gasteiger charge is -2.28. The molecule has 1 amide bonds. The van der Waals surface area contributed by atoms with E-state index in [2.05, 4.69) is 11.9 Å². The van der Waals surface area contributed by atoms with Gasteiger partial charge in [-0.1, -0.05) is 13.8 Å². The first-order valence-corrected chi connectivity index (χ1v) is 6.14. The van der Waals surface area contributed by atoms with E-state index in [1.165, 1.54) is 12.8 Å². The van der Waals surface area contributed by atoms with Crippen molar-refractivity contribution in [3.8, 4) is 0 Å². The van der Waals surface area contributed by atoms with Crippen molar-refractivity contribution in [2.24, 2.45) is 11.7 Å². The Labute approximate surface area is 98.8 Å². The number of carbonyl (C=O) groups is 1. The van der Waals surface area contributed by atoms with Crippen LogP contribution in [0.5, 0.6) is 0 Å². The minimum Gasteiger partial charge on any atom is -0.343 e. The summed E-state index contributed by atoms with van der Waals surface area (Å²) in [5, 5.41) is 0. The molecule has 0 aromatic heterocycles. The number of nitrogens with two attached hydrogens (primary N) is 1. The van der Waals surface area contributed by atoms with Gasteiger partial charge < -0.3 is 15.5 Å². The summed E-state index contributed by atoms with van der Waals surface area (Å²) in [6.45, 7) is 5.91. The fraction of sp³-hybridized carbons (Fsp3) is 0.917. The third-order valence-electron chi connectivity index (χ3n) is 3.54. The van der Waals surface area contributed by atoms with E-state index in [9.17, 15) is 4.79 Å². The standard InChI is InChI=1S/C12H25N3O/c1-9(2)11(13)12(16)15(4)8-10-6-5-7-14(10)3/h9-11H,5-8,13H2,1-4H3/t10-,11?/m0/s1. The maximum Gasteiger partial charge on any atom is 0.239 e. The fourth-order valence-electron chi connectivity index (χ4n) is 2.16. The molecule has 4 heteroatoms. The molecule has 16 heavy (non-hydrogen) atoms. The molecule has 94 valence electrons. The number of carbonyl (C=O) groups excluding carboxylic acids is 1. The molecule has 0 spiro atoms. The number of nitrogens with zero attached hydrogens (tertiary/aromatic N) is 2. The molecular weight excluding hydrogens is 202 g/mol. The SMILES string of the molecule is CC(C)C(N)C(=O)N(C)C[C@@H]1CCCN1C. The van der Waals surface area contributed by atoms with Crippen molar-refractivity contribution < 1.29 is 4.79 Å². The van der Waals surface area contributed by atoms with Crippen LogP contribution in [0.4, 0.5) is 0 Å². The van der Waals surface area contributed by atoms with Gasteiger partial charge in [0.05, 0.1) is 6.04 Å². The lowest BCUT2D eigenvalue weighted by atomic mass is 10.0. The summed E-state index contributed by atoms with van der Waals surface area (Å²) in [5.74, 6) is 0.270. The lowest BCUT2D eigenvalue weighted by molar-refractivity contribution is -0.132. The Balaban J connectivity index is 2.45. The zero-order chi connectivity index (χ0) is 12.3. The van der Waals surface area contributed by atoms with Gasteiger partial charge >= 0.3 is 0 Å². The molecule has 0 aliphatic carbocycles. The smallest absolute Gasteiger partial charge is 0.239 e. The number of amides is 1. The zero-order valence-electron chi connectivity index (χ0n) is 10.9. The van der Waals surface area contributed by atoms with Crippen molar-refractivity contribution in [1.82, 2.24) is 9.80 Å². The van der Waals surface area contributed by atoms with E-state index in [4.69, 9.17) is 5.73 Å². The first-order chi connectivity index (χ1) is 7.43. The monoisotopic (exact) mass is 227 g/mol. The Bertz CT molecular complexity index is 242. The van der Waals surface area contributed by atoms with Gasteiger partial charge in [-0.05, 0) is 32.4 Å². The largest absolute Gasteiger partial charge is 0.343 e. The molecule has 2 atom stereocenters. The molecule has 0 aromatic carbocycles. The number of likely N-dealkylation sites (tertiary alicyclic amines) is 1. The molecule has 0 aromatic rings. The number of hydrogen-bond acceptors (Lipinski definition) is 3. The average Bonchev–Trinajstić information content (AvgIpc) is 2.62. The summed E-state index contributed by atoms with van der Waals surface area (Å²) in [6, 6.07) is 0.144. The van der Waals surface area contributed by atoms with Crippen LogP contribution in [-0.2, 0) is 4.79 Å². The summed E-state index contributed by atoms with van der Waals surface area (Å²) in [7, 11) is 3.98. The minimum absolute atomic E-state index is 0.0651. The van der Waals surface area contributed by atoms with Crippen LogP contribution in [0.15, 0.2) is 0 Å². The molecule has 1 heterocycles. The Morgan fingerprint density at radius 1 is 1.56 bits per heavy atom. The molecule has 1 fully saturated rings. The molecule has 0 saturated carbocycles. The maximum atomic E-state index is 12.0. The van der Waals surface area contributed by atoms with Crippen molar-refractivity contribution >= 4 is 5.91 Å². The second-order valence-electron chi connectivity index (χ2n) is 5.27. The van der Waals surface area contributed by atoms with Crippen molar-refractivity contribution in [3.05, 3.63) is 0 Å². The second kappa shape index (κ2) is 5.64. The summed E-state index contributed by atoms with van der Waals surface area (Å²) in [6.07, 6.45) is 2.42. The second-order valence-corrected chi connectivity index (χ2v) is 5.27. The molecule has 1 unspecified atom stereocenters. The van der Waals surface area contributed by atoms with Crippen LogP contribution in [0.3, 0.4) is 0 Å². The number of rotatable bonds is 4. The van der Waals surface area contributed by atoms with Gasteiger partial charge in [-0.15, -0.1) is 0 Å². The van der Waals surface area contributed by atoms with Crippen LogP contribution < -0.4 is 5.73 Å². The lowest BCUT2D eigenvalue weighted by Crippen LogP contribution is -2.48. The predicted molar refractivity (Wildman–Crippen MR) is 66.1 cm³/mol. The van der Waals surface area contributed by atoms with Gasteiger partial charge in [-0.2, -0.15) is 0 Å². The molecule has 2 N–H and O–H groups in total. The molecule has 1 aliphatic heterocycles. The molecular formula is C12H25N3O. The van der Waals surface area contributed by atoms with E-state index in [1.807, 2.05) is 20.9 Å². The zero-order valence-corrected chi connectivity index (χ0v) is 10.9. The minimum atomic E-state index is -0.364. The maximum absolute atomic E-state index is 12.0. The Hall–Kier alpha value is -0.610. The van der Waals surface area contributed by atoms with E-state index in [0.717, 1.165) is 13.1 Å². The first-order valence-electron chi connectivity index (χ1n) is 6.14. The Morgan fingerprint density at radius 3 is 2.62 bits per heavy atom. The van der Waals surface area contributed by atoms with Crippen LogP contribution >= 0.6 is 0 Å². The third kappa shape index (κ3) is 3.19. The first kappa shape index (κ1) is 13.5. The summed E-state index contributed by atoms with van der Waals surface area (Å²) >= 11 is 0. The van der Waals surface area contributed by atoms with Crippen LogP contribution in [0.25, 0.3) is 0 Å². The van der Waals surface area contributed by atoms with Crippen molar-refractivity contribution in [3.63, 3.8) is 0 Å². The van der Waals surface area contributed by atoms with E-state index >= 15 is 0 Å². The van der Waals surface area contributed by atoms with Crippen LogP contribution in [0.1, 0.15) is 26.7 Å². The van der Waals surface area contributed by atoms with E-state index in [1.54, 1.807) is 4.90 Å². The molecule has 1 saturated heterocycles. The van der Waals surface area contributed by atoms with E-state index in [0.29, 0.717) is 6.04 Å². The number of likely N-dealkylation sites (N-methyl/N-ethyl adjacent to an activating group) is 2. The third-order valence-corrected chi connectivity index (χ3v) is 3.54. The van der Waals surface area contributed by atoms with Gasteiger partial charge in [-0.3, -0.25) is 4.79 Å². The molecule has 0 radical (unpaired) electrons. The Kier molecular flexibility index (Phi) is 4.74. The highest BCUT2D eigenvalue weighted by Crippen LogP contribution is 2.16. The summed E-state index contributed by atoms with van der Waals surface area (Å²) in [5.41, 5.74) is 5.87. The van der Waals surface area contributed by atoms with Crippen molar-refractivity contribution in [1.29, 1.82) is 0 Å². The average molecular weight is 227 g/mol. The van der Waals surface area contributed by atoms with Gasteiger partial charge in [0.15, 0.2) is 0 Å².